The highest BCUT2D eigenvalue weighted by Gasteiger charge is 2.20. The fraction of sp³-hybridized carbons (Fsp3) is 0.966. The number of rotatable bonds is 56. The molecule has 0 radical (unpaired) electrons. The van der Waals surface area contributed by atoms with Gasteiger partial charge in [0.25, 0.3) is 0 Å². The van der Waals surface area contributed by atoms with Crippen molar-refractivity contribution in [2.45, 2.75) is 353 Å². The average molecular weight is 921 g/mol. The molecule has 0 fully saturated rings. The van der Waals surface area contributed by atoms with Crippen LogP contribution in [0.1, 0.15) is 341 Å². The molecule has 0 saturated heterocycles. The lowest BCUT2D eigenvalue weighted by atomic mass is 10.0. The molecule has 0 aromatic rings. The molecule has 0 heterocycles. The molecule has 0 aromatic heterocycles. The summed E-state index contributed by atoms with van der Waals surface area (Å²) in [4.78, 5) is 24.5. The van der Waals surface area contributed by atoms with Gasteiger partial charge < -0.3 is 20.3 Å². The molecule has 2 atom stereocenters. The SMILES string of the molecule is CCCCCCCCCCCCCCCCCCCCCCCC(O)C(CO)NC(=O)CCCCCCCCCCCCCCCCCOC(=O)CCCCCCCCCCCCCC. The second-order valence-electron chi connectivity index (χ2n) is 20.7. The van der Waals surface area contributed by atoms with E-state index in [2.05, 4.69) is 19.2 Å². The number of carbonyl (C=O) groups is 2. The predicted octanol–water partition coefficient (Wildman–Crippen LogP) is 18.3. The zero-order valence-electron chi connectivity index (χ0n) is 44.3. The molecule has 0 saturated carbocycles. The van der Waals surface area contributed by atoms with Crippen LogP contribution in [0.5, 0.6) is 0 Å². The van der Waals surface area contributed by atoms with Crippen LogP contribution in [0.15, 0.2) is 0 Å². The van der Waals surface area contributed by atoms with Gasteiger partial charge >= 0.3 is 5.97 Å². The molecule has 3 N–H and O–H groups in total. The zero-order valence-corrected chi connectivity index (χ0v) is 44.3. The Morgan fingerprint density at radius 3 is 0.938 bits per heavy atom. The lowest BCUT2D eigenvalue weighted by Crippen LogP contribution is -2.45. The number of unbranched alkanes of at least 4 members (excludes halogenated alkanes) is 45. The van der Waals surface area contributed by atoms with Crippen LogP contribution in [0.4, 0.5) is 0 Å². The fourth-order valence-electron chi connectivity index (χ4n) is 9.58. The minimum absolute atomic E-state index is 0.00267. The molecule has 65 heavy (non-hydrogen) atoms. The molecule has 0 aliphatic rings. The van der Waals surface area contributed by atoms with Crippen LogP contribution in [0.25, 0.3) is 0 Å². The number of hydrogen-bond donors (Lipinski definition) is 3. The van der Waals surface area contributed by atoms with Gasteiger partial charge in [0.1, 0.15) is 0 Å². The summed E-state index contributed by atoms with van der Waals surface area (Å²) in [6.45, 7) is 4.96. The molecule has 6 nitrogen and oxygen atoms in total. The van der Waals surface area contributed by atoms with E-state index in [0.717, 1.165) is 44.9 Å². The number of nitrogens with one attached hydrogen (secondary N) is 1. The molecule has 0 aliphatic heterocycles. The first-order valence-corrected chi connectivity index (χ1v) is 29.8. The third kappa shape index (κ3) is 52.1. The van der Waals surface area contributed by atoms with E-state index >= 15 is 0 Å². The van der Waals surface area contributed by atoms with E-state index in [9.17, 15) is 19.8 Å². The third-order valence-corrected chi connectivity index (χ3v) is 14.2. The monoisotopic (exact) mass is 920 g/mol. The van der Waals surface area contributed by atoms with E-state index < -0.39 is 12.1 Å². The lowest BCUT2D eigenvalue weighted by Gasteiger charge is -2.22. The number of amides is 1. The van der Waals surface area contributed by atoms with Crippen molar-refractivity contribution in [2.24, 2.45) is 0 Å². The molecule has 0 rings (SSSR count). The summed E-state index contributed by atoms with van der Waals surface area (Å²) in [7, 11) is 0. The standard InChI is InChI=1S/C59H117NO5/c1-3-5-7-9-11-13-15-17-18-19-20-21-22-23-25-28-31-35-39-43-47-51-57(62)56(55-61)60-58(63)52-48-44-40-36-32-29-26-24-27-30-34-38-42-46-50-54-65-59(64)53-49-45-41-37-33-16-14-12-10-8-6-4-2/h56-57,61-62H,3-55H2,1-2H3,(H,60,63). The van der Waals surface area contributed by atoms with E-state index in [1.165, 1.54) is 263 Å². The highest BCUT2D eigenvalue weighted by Crippen LogP contribution is 2.18. The Morgan fingerprint density at radius 1 is 0.369 bits per heavy atom. The van der Waals surface area contributed by atoms with Gasteiger partial charge in [-0.05, 0) is 25.7 Å². The first kappa shape index (κ1) is 63.9. The van der Waals surface area contributed by atoms with Gasteiger partial charge in [-0.3, -0.25) is 9.59 Å². The maximum absolute atomic E-state index is 12.5. The molecule has 1 amide bonds. The summed E-state index contributed by atoms with van der Waals surface area (Å²) in [5, 5.41) is 23.3. The molecule has 0 spiro atoms. The normalized spacial score (nSPS) is 12.5. The van der Waals surface area contributed by atoms with Crippen molar-refractivity contribution in [3.63, 3.8) is 0 Å². The second kappa shape index (κ2) is 55.5. The summed E-state index contributed by atoms with van der Waals surface area (Å²) < 4.78 is 5.47. The van der Waals surface area contributed by atoms with E-state index in [0.29, 0.717) is 25.9 Å². The van der Waals surface area contributed by atoms with Crippen LogP contribution in [-0.4, -0.2) is 47.4 Å². The van der Waals surface area contributed by atoms with Crippen molar-refractivity contribution < 1.29 is 24.5 Å². The highest BCUT2D eigenvalue weighted by molar-refractivity contribution is 5.76. The minimum Gasteiger partial charge on any atom is -0.466 e. The van der Waals surface area contributed by atoms with Gasteiger partial charge in [0.2, 0.25) is 5.91 Å². The van der Waals surface area contributed by atoms with Gasteiger partial charge in [0.15, 0.2) is 0 Å². The molecule has 2 unspecified atom stereocenters. The van der Waals surface area contributed by atoms with Crippen molar-refractivity contribution in [2.75, 3.05) is 13.2 Å². The predicted molar refractivity (Wildman–Crippen MR) is 283 cm³/mol. The Kier molecular flexibility index (Phi) is 54.5. The summed E-state index contributed by atoms with van der Waals surface area (Å²) in [5.41, 5.74) is 0. The number of carbonyl (C=O) groups excluding carboxylic acids is 2. The molecule has 388 valence electrons. The third-order valence-electron chi connectivity index (χ3n) is 14.2. The van der Waals surface area contributed by atoms with Gasteiger partial charge in [-0.2, -0.15) is 0 Å². The minimum atomic E-state index is -0.669. The maximum atomic E-state index is 12.5. The zero-order chi connectivity index (χ0) is 47.2. The molecular weight excluding hydrogens is 803 g/mol. The second-order valence-corrected chi connectivity index (χ2v) is 20.7. The topological polar surface area (TPSA) is 95.9 Å². The summed E-state index contributed by atoms with van der Waals surface area (Å²) in [5.74, 6) is -0.0364. The molecule has 0 aliphatic carbocycles. The number of esters is 1. The quantitative estimate of drug-likeness (QED) is 0.0417. The number of aliphatic hydroxyl groups excluding tert-OH is 2. The Morgan fingerprint density at radius 2 is 0.631 bits per heavy atom. The van der Waals surface area contributed by atoms with Gasteiger partial charge in [-0.25, -0.2) is 0 Å². The number of aliphatic hydroxyl groups is 2. The van der Waals surface area contributed by atoms with Crippen LogP contribution in [0.3, 0.4) is 0 Å². The Labute approximate surface area is 406 Å². The Hall–Kier alpha value is -1.14. The van der Waals surface area contributed by atoms with Crippen LogP contribution >= 0.6 is 0 Å². The summed E-state index contributed by atoms with van der Waals surface area (Å²) in [6.07, 6.45) is 63.8. The highest BCUT2D eigenvalue weighted by atomic mass is 16.5. The maximum Gasteiger partial charge on any atom is 0.305 e. The fourth-order valence-corrected chi connectivity index (χ4v) is 9.58. The van der Waals surface area contributed by atoms with Crippen molar-refractivity contribution in [3.05, 3.63) is 0 Å². The Balaban J connectivity index is 3.42. The summed E-state index contributed by atoms with van der Waals surface area (Å²) in [6, 6.07) is -0.547. The van der Waals surface area contributed by atoms with Crippen LogP contribution in [0.2, 0.25) is 0 Å². The molecule has 6 heteroatoms. The summed E-state index contributed by atoms with van der Waals surface area (Å²) >= 11 is 0. The molecular formula is C59H117NO5. The van der Waals surface area contributed by atoms with Crippen molar-refractivity contribution in [1.29, 1.82) is 0 Å². The van der Waals surface area contributed by atoms with Gasteiger partial charge in [0.05, 0.1) is 25.4 Å². The molecule has 0 aromatic carbocycles. The lowest BCUT2D eigenvalue weighted by molar-refractivity contribution is -0.143. The van der Waals surface area contributed by atoms with Gasteiger partial charge in [0, 0.05) is 12.8 Å². The Bertz CT molecular complexity index is 928. The van der Waals surface area contributed by atoms with Gasteiger partial charge in [-0.1, -0.05) is 303 Å². The average Bonchev–Trinajstić information content (AvgIpc) is 3.31. The van der Waals surface area contributed by atoms with Crippen molar-refractivity contribution in [1.82, 2.24) is 5.32 Å². The van der Waals surface area contributed by atoms with Crippen LogP contribution in [-0.2, 0) is 14.3 Å². The van der Waals surface area contributed by atoms with E-state index in [4.69, 9.17) is 4.74 Å². The number of ether oxygens (including phenoxy) is 1. The van der Waals surface area contributed by atoms with E-state index in [1.54, 1.807) is 0 Å². The largest absolute Gasteiger partial charge is 0.466 e. The van der Waals surface area contributed by atoms with Crippen LogP contribution < -0.4 is 5.32 Å². The van der Waals surface area contributed by atoms with Crippen molar-refractivity contribution >= 4 is 11.9 Å². The van der Waals surface area contributed by atoms with Crippen LogP contribution in [0, 0.1) is 0 Å². The molecule has 0 bridgehead atoms. The van der Waals surface area contributed by atoms with E-state index in [1.807, 2.05) is 0 Å². The first-order valence-electron chi connectivity index (χ1n) is 29.8. The number of hydrogen-bond acceptors (Lipinski definition) is 5. The smallest absolute Gasteiger partial charge is 0.305 e. The van der Waals surface area contributed by atoms with Gasteiger partial charge in [-0.15, -0.1) is 0 Å². The first-order chi connectivity index (χ1) is 32.0. The van der Waals surface area contributed by atoms with Crippen molar-refractivity contribution in [3.8, 4) is 0 Å². The van der Waals surface area contributed by atoms with E-state index in [-0.39, 0.29) is 18.5 Å².